The Kier molecular flexibility index (Phi) is 14.7. The third-order valence-electron chi connectivity index (χ3n) is 11.0. The lowest BCUT2D eigenvalue weighted by Gasteiger charge is -2.47. The van der Waals surface area contributed by atoms with Gasteiger partial charge in [-0.25, -0.2) is 0 Å². The Bertz CT molecular complexity index is 1070. The summed E-state index contributed by atoms with van der Waals surface area (Å²) in [6.07, 6.45) is -9.50. The van der Waals surface area contributed by atoms with E-state index in [0.717, 1.165) is 64.2 Å². The molecule has 5 rings (SSSR count). The van der Waals surface area contributed by atoms with E-state index >= 15 is 0 Å². The SMILES string of the molecule is CC1OC(OC2C(CNC(=O)C3CCCCC3)OCCC2OC2OC(CO)C(O)C(OC(CC3CCCCC3)C(=O)[O-])C2O)C(O)C(O)C1O. The Hall–Kier alpha value is -1.54. The minimum absolute atomic E-state index is 0.00431. The maximum absolute atomic E-state index is 13.0. The Labute approximate surface area is 292 Å². The van der Waals surface area contributed by atoms with Crippen molar-refractivity contribution < 1.29 is 73.8 Å². The molecule has 1 amide bonds. The first-order chi connectivity index (χ1) is 24.0. The van der Waals surface area contributed by atoms with Gasteiger partial charge >= 0.3 is 0 Å². The molecule has 3 aliphatic heterocycles. The van der Waals surface area contributed by atoms with Crippen molar-refractivity contribution in [2.45, 2.75) is 170 Å². The molecule has 2 aliphatic carbocycles. The largest absolute Gasteiger partial charge is 0.547 e. The number of carbonyl (C=O) groups excluding carboxylic acids is 2. The maximum atomic E-state index is 13.0. The van der Waals surface area contributed by atoms with Gasteiger partial charge in [0.1, 0.15) is 54.9 Å². The highest BCUT2D eigenvalue weighted by atomic mass is 16.7. The maximum Gasteiger partial charge on any atom is 0.223 e. The van der Waals surface area contributed by atoms with Gasteiger partial charge in [-0.3, -0.25) is 4.79 Å². The lowest BCUT2D eigenvalue weighted by atomic mass is 9.85. The van der Waals surface area contributed by atoms with Gasteiger partial charge in [0.05, 0.1) is 30.9 Å². The van der Waals surface area contributed by atoms with Crippen molar-refractivity contribution in [3.05, 3.63) is 0 Å². The number of hydrogen-bond donors (Lipinski definition) is 7. The lowest BCUT2D eigenvalue weighted by molar-refractivity contribution is -0.359. The summed E-state index contributed by atoms with van der Waals surface area (Å²) in [5.41, 5.74) is 0. The average molecular weight is 719 g/mol. The molecule has 16 heteroatoms. The van der Waals surface area contributed by atoms with Crippen LogP contribution in [0, 0.1) is 11.8 Å². The van der Waals surface area contributed by atoms with Crippen LogP contribution in [0.15, 0.2) is 0 Å². The highest BCUT2D eigenvalue weighted by Crippen LogP contribution is 2.34. The van der Waals surface area contributed by atoms with E-state index in [4.69, 9.17) is 28.4 Å². The summed E-state index contributed by atoms with van der Waals surface area (Å²) < 4.78 is 35.8. The first-order valence-electron chi connectivity index (χ1n) is 18.4. The second kappa shape index (κ2) is 18.5. The zero-order valence-electron chi connectivity index (χ0n) is 28.7. The fourth-order valence-corrected chi connectivity index (χ4v) is 7.94. The molecule has 3 saturated heterocycles. The van der Waals surface area contributed by atoms with E-state index in [2.05, 4.69) is 5.32 Å². The van der Waals surface area contributed by atoms with Crippen molar-refractivity contribution in [3.63, 3.8) is 0 Å². The van der Waals surface area contributed by atoms with E-state index in [-0.39, 0.29) is 43.7 Å². The highest BCUT2D eigenvalue weighted by Gasteiger charge is 2.51. The van der Waals surface area contributed by atoms with Crippen LogP contribution in [0.3, 0.4) is 0 Å². The van der Waals surface area contributed by atoms with Crippen LogP contribution in [0.2, 0.25) is 0 Å². The van der Waals surface area contributed by atoms with Gasteiger partial charge in [-0.2, -0.15) is 0 Å². The zero-order valence-corrected chi connectivity index (χ0v) is 28.7. The minimum atomic E-state index is -1.72. The van der Waals surface area contributed by atoms with Crippen molar-refractivity contribution in [3.8, 4) is 0 Å². The van der Waals surface area contributed by atoms with Crippen LogP contribution in [0.1, 0.15) is 84.0 Å². The number of rotatable bonds is 13. The Balaban J connectivity index is 1.33. The third kappa shape index (κ3) is 9.71. The average Bonchev–Trinajstić information content (AvgIpc) is 3.12. The molecule has 0 bridgehead atoms. The van der Waals surface area contributed by atoms with Crippen molar-refractivity contribution in [2.24, 2.45) is 11.8 Å². The number of hydrogen-bond acceptors (Lipinski definition) is 15. The van der Waals surface area contributed by atoms with Crippen LogP contribution in [-0.4, -0.2) is 148 Å². The number of carboxylic acids is 1. The lowest BCUT2D eigenvalue weighted by Crippen LogP contribution is -2.64. The number of aliphatic carboxylic acids is 1. The van der Waals surface area contributed by atoms with Crippen molar-refractivity contribution in [1.82, 2.24) is 5.32 Å². The first-order valence-corrected chi connectivity index (χ1v) is 18.4. The normalized spacial score (nSPS) is 41.4. The van der Waals surface area contributed by atoms with E-state index in [1.54, 1.807) is 0 Å². The van der Waals surface area contributed by atoms with Gasteiger partial charge in [-0.1, -0.05) is 51.4 Å². The summed E-state index contributed by atoms with van der Waals surface area (Å²) in [4.78, 5) is 25.2. The fourth-order valence-electron chi connectivity index (χ4n) is 7.94. The molecule has 5 aliphatic rings. The van der Waals surface area contributed by atoms with Crippen LogP contribution < -0.4 is 10.4 Å². The molecular weight excluding hydrogens is 662 g/mol. The quantitative estimate of drug-likeness (QED) is 0.109. The molecule has 14 atom stereocenters. The third-order valence-corrected chi connectivity index (χ3v) is 11.0. The smallest absolute Gasteiger partial charge is 0.223 e. The van der Waals surface area contributed by atoms with Crippen molar-refractivity contribution >= 4 is 11.9 Å². The van der Waals surface area contributed by atoms with Crippen LogP contribution in [-0.2, 0) is 38.0 Å². The molecule has 50 heavy (non-hydrogen) atoms. The van der Waals surface area contributed by atoms with Crippen molar-refractivity contribution in [1.29, 1.82) is 0 Å². The number of carbonyl (C=O) groups is 2. The predicted octanol–water partition coefficient (Wildman–Crippen LogP) is -2.02. The number of aliphatic hydroxyl groups is 6. The molecule has 0 aromatic rings. The molecule has 0 aromatic carbocycles. The molecule has 288 valence electrons. The predicted molar refractivity (Wildman–Crippen MR) is 169 cm³/mol. The topological polar surface area (TPSA) is 246 Å². The van der Waals surface area contributed by atoms with Gasteiger partial charge in [-0.05, 0) is 38.5 Å². The molecule has 5 fully saturated rings. The number of aliphatic hydroxyl groups excluding tert-OH is 6. The molecule has 0 aromatic heterocycles. The summed E-state index contributed by atoms with van der Waals surface area (Å²) in [6.45, 7) is 0.930. The summed E-state index contributed by atoms with van der Waals surface area (Å²) in [5.74, 6) is -1.66. The second-order valence-corrected chi connectivity index (χ2v) is 14.6. The monoisotopic (exact) mass is 718 g/mol. The standard InChI is InChI=1S/C34H57NO15/c1-17-24(37)26(39)27(40)33(46-17)50-29-20(12-13-45-22(29)15-35-31(42)19-10-6-3-7-11-19)48-34-28(41)30(25(38)23(16-36)49-34)47-21(32(43)44)14-18-8-4-2-5-9-18/h17-30,33-34,36-41H,2-16H2,1H3,(H,35,42)(H,43,44)/p-1. The van der Waals surface area contributed by atoms with E-state index in [1.807, 2.05) is 0 Å². The molecule has 7 N–H and O–H groups in total. The van der Waals surface area contributed by atoms with E-state index in [0.29, 0.717) is 0 Å². The molecular formula is C34H56NO15-. The Morgan fingerprint density at radius 1 is 0.780 bits per heavy atom. The van der Waals surface area contributed by atoms with Gasteiger partial charge < -0.3 is 74.3 Å². The van der Waals surface area contributed by atoms with Gasteiger partial charge in [0.15, 0.2) is 12.6 Å². The van der Waals surface area contributed by atoms with E-state index in [1.165, 1.54) is 6.92 Å². The number of ether oxygens (including phenoxy) is 6. The van der Waals surface area contributed by atoms with E-state index < -0.39 is 98.4 Å². The molecule has 14 unspecified atom stereocenters. The Morgan fingerprint density at radius 2 is 1.44 bits per heavy atom. The summed E-state index contributed by atoms with van der Waals surface area (Å²) in [5, 5.41) is 79.0. The number of nitrogens with one attached hydrogen (secondary N) is 1. The summed E-state index contributed by atoms with van der Waals surface area (Å²) in [7, 11) is 0. The number of amides is 1. The molecule has 0 spiro atoms. The Morgan fingerprint density at radius 3 is 2.10 bits per heavy atom. The van der Waals surface area contributed by atoms with Gasteiger partial charge in [0.2, 0.25) is 5.91 Å². The van der Waals surface area contributed by atoms with Crippen LogP contribution >= 0.6 is 0 Å². The van der Waals surface area contributed by atoms with Crippen LogP contribution in [0.4, 0.5) is 0 Å². The van der Waals surface area contributed by atoms with Gasteiger partial charge in [-0.15, -0.1) is 0 Å². The van der Waals surface area contributed by atoms with E-state index in [9.17, 15) is 45.3 Å². The zero-order chi connectivity index (χ0) is 35.9. The van der Waals surface area contributed by atoms with Gasteiger partial charge in [0, 0.05) is 19.1 Å². The van der Waals surface area contributed by atoms with Crippen LogP contribution in [0.5, 0.6) is 0 Å². The molecule has 3 heterocycles. The second-order valence-electron chi connectivity index (χ2n) is 14.6. The molecule has 16 nitrogen and oxygen atoms in total. The fraction of sp³-hybridized carbons (Fsp3) is 0.941. The van der Waals surface area contributed by atoms with Crippen LogP contribution in [0.25, 0.3) is 0 Å². The minimum Gasteiger partial charge on any atom is -0.547 e. The number of carboxylic acid groups (broad SMARTS) is 1. The van der Waals surface area contributed by atoms with Crippen molar-refractivity contribution in [2.75, 3.05) is 19.8 Å². The summed E-state index contributed by atoms with van der Waals surface area (Å²) in [6, 6.07) is 0. The van der Waals surface area contributed by atoms with Gasteiger partial charge in [0.25, 0.3) is 0 Å². The molecule has 0 radical (unpaired) electrons. The highest BCUT2D eigenvalue weighted by molar-refractivity contribution is 5.78. The molecule has 2 saturated carbocycles. The summed E-state index contributed by atoms with van der Waals surface area (Å²) >= 11 is 0. The first kappa shape index (κ1) is 39.7.